The lowest BCUT2D eigenvalue weighted by Crippen LogP contribution is -2.36. The summed E-state index contributed by atoms with van der Waals surface area (Å²) in [4.78, 5) is 13.9. The van der Waals surface area contributed by atoms with Crippen LogP contribution in [0.15, 0.2) is 0 Å². The molecule has 0 bridgehead atoms. The molecule has 1 aliphatic rings. The van der Waals surface area contributed by atoms with Crippen molar-refractivity contribution in [1.29, 1.82) is 0 Å². The summed E-state index contributed by atoms with van der Waals surface area (Å²) in [5.74, 6) is -0.0943. The minimum absolute atomic E-state index is 0.0943. The zero-order valence-electron chi connectivity index (χ0n) is 9.76. The highest BCUT2D eigenvalue weighted by molar-refractivity contribution is 7.16. The van der Waals surface area contributed by atoms with E-state index in [2.05, 4.69) is 17.1 Å². The standard InChI is InChI=1S/C10H16N4O2S/c1-2-7-6-14(4-3-5-16-7)9(15)8-12-13-10(11)17-8/h7H,2-6H2,1H3,(H2,11,13). The molecule has 2 heterocycles. The molecule has 0 aromatic carbocycles. The van der Waals surface area contributed by atoms with Gasteiger partial charge in [0.1, 0.15) is 0 Å². The number of carbonyl (C=O) groups is 1. The van der Waals surface area contributed by atoms with Crippen LogP contribution >= 0.6 is 11.3 Å². The molecule has 1 atom stereocenters. The van der Waals surface area contributed by atoms with Crippen molar-refractivity contribution in [2.75, 3.05) is 25.4 Å². The lowest BCUT2D eigenvalue weighted by Gasteiger charge is -2.21. The Morgan fingerprint density at radius 3 is 3.12 bits per heavy atom. The Labute approximate surface area is 104 Å². The van der Waals surface area contributed by atoms with Crippen LogP contribution in [0.1, 0.15) is 29.6 Å². The zero-order chi connectivity index (χ0) is 12.3. The Hall–Kier alpha value is -1.21. The average Bonchev–Trinajstić information content (AvgIpc) is 2.64. The van der Waals surface area contributed by atoms with Gasteiger partial charge in [0.2, 0.25) is 10.1 Å². The van der Waals surface area contributed by atoms with Crippen LogP contribution in [0.4, 0.5) is 5.13 Å². The van der Waals surface area contributed by atoms with E-state index in [1.807, 2.05) is 0 Å². The molecule has 17 heavy (non-hydrogen) atoms. The predicted molar refractivity (Wildman–Crippen MR) is 64.9 cm³/mol. The summed E-state index contributed by atoms with van der Waals surface area (Å²) >= 11 is 1.13. The first-order chi connectivity index (χ1) is 8.20. The molecule has 0 saturated carbocycles. The predicted octanol–water partition coefficient (Wildman–Crippen LogP) is 0.761. The number of aromatic nitrogens is 2. The van der Waals surface area contributed by atoms with Crippen molar-refractivity contribution in [2.45, 2.75) is 25.9 Å². The quantitative estimate of drug-likeness (QED) is 0.845. The number of hydrogen-bond acceptors (Lipinski definition) is 6. The summed E-state index contributed by atoms with van der Waals surface area (Å²) in [6, 6.07) is 0. The number of nitrogen functional groups attached to an aromatic ring is 1. The number of amides is 1. The molecule has 94 valence electrons. The fraction of sp³-hybridized carbons (Fsp3) is 0.700. The number of nitrogens with two attached hydrogens (primary N) is 1. The third kappa shape index (κ3) is 2.92. The molecule has 1 fully saturated rings. The Kier molecular flexibility index (Phi) is 3.90. The zero-order valence-corrected chi connectivity index (χ0v) is 10.6. The number of hydrogen-bond donors (Lipinski definition) is 1. The molecule has 1 unspecified atom stereocenters. The second kappa shape index (κ2) is 5.42. The third-order valence-electron chi connectivity index (χ3n) is 2.72. The molecule has 0 spiro atoms. The maximum Gasteiger partial charge on any atom is 0.284 e. The summed E-state index contributed by atoms with van der Waals surface area (Å²) in [6.45, 7) is 4.09. The van der Waals surface area contributed by atoms with Gasteiger partial charge in [-0.05, 0) is 12.8 Å². The van der Waals surface area contributed by atoms with E-state index < -0.39 is 0 Å². The van der Waals surface area contributed by atoms with Gasteiger partial charge in [-0.25, -0.2) is 0 Å². The summed E-state index contributed by atoms with van der Waals surface area (Å²) in [6.07, 6.45) is 1.88. The molecule has 2 rings (SSSR count). The number of rotatable bonds is 2. The van der Waals surface area contributed by atoms with Crippen LogP contribution in [0.2, 0.25) is 0 Å². The monoisotopic (exact) mass is 256 g/mol. The van der Waals surface area contributed by atoms with Crippen LogP contribution < -0.4 is 5.73 Å². The topological polar surface area (TPSA) is 81.3 Å². The minimum Gasteiger partial charge on any atom is -0.376 e. The van der Waals surface area contributed by atoms with Crippen molar-refractivity contribution >= 4 is 22.4 Å². The molecule has 1 amide bonds. The smallest absolute Gasteiger partial charge is 0.284 e. The summed E-state index contributed by atoms with van der Waals surface area (Å²) in [5.41, 5.74) is 5.48. The molecular weight excluding hydrogens is 240 g/mol. The van der Waals surface area contributed by atoms with Gasteiger partial charge in [-0.3, -0.25) is 4.79 Å². The maximum absolute atomic E-state index is 12.2. The van der Waals surface area contributed by atoms with E-state index in [-0.39, 0.29) is 12.0 Å². The van der Waals surface area contributed by atoms with Crippen LogP contribution in [-0.4, -0.2) is 46.8 Å². The SMILES string of the molecule is CCC1CN(C(=O)c2nnc(N)s2)CCCO1. The normalized spacial score (nSPS) is 21.2. The van der Waals surface area contributed by atoms with Crippen LogP contribution in [-0.2, 0) is 4.74 Å². The number of anilines is 1. The molecule has 0 radical (unpaired) electrons. The fourth-order valence-electron chi connectivity index (χ4n) is 1.78. The first-order valence-electron chi connectivity index (χ1n) is 5.70. The number of ether oxygens (including phenoxy) is 1. The molecule has 1 aromatic heterocycles. The average molecular weight is 256 g/mol. The molecule has 1 aliphatic heterocycles. The van der Waals surface area contributed by atoms with Gasteiger partial charge in [0.15, 0.2) is 0 Å². The Bertz CT molecular complexity index is 395. The Morgan fingerprint density at radius 1 is 1.65 bits per heavy atom. The van der Waals surface area contributed by atoms with E-state index in [0.717, 1.165) is 24.2 Å². The van der Waals surface area contributed by atoms with E-state index in [1.165, 1.54) is 0 Å². The highest BCUT2D eigenvalue weighted by atomic mass is 32.1. The Morgan fingerprint density at radius 2 is 2.47 bits per heavy atom. The number of nitrogens with zero attached hydrogens (tertiary/aromatic N) is 3. The second-order valence-corrected chi connectivity index (χ2v) is 4.96. The fourth-order valence-corrected chi connectivity index (χ4v) is 2.36. The van der Waals surface area contributed by atoms with E-state index in [9.17, 15) is 4.79 Å². The van der Waals surface area contributed by atoms with E-state index in [1.54, 1.807) is 4.90 Å². The van der Waals surface area contributed by atoms with Gasteiger partial charge in [-0.1, -0.05) is 18.3 Å². The first-order valence-corrected chi connectivity index (χ1v) is 6.52. The molecule has 2 N–H and O–H groups in total. The maximum atomic E-state index is 12.2. The van der Waals surface area contributed by atoms with Gasteiger partial charge >= 0.3 is 0 Å². The van der Waals surface area contributed by atoms with Gasteiger partial charge in [-0.2, -0.15) is 0 Å². The minimum atomic E-state index is -0.0943. The molecule has 7 heteroatoms. The Balaban J connectivity index is 2.07. The highest BCUT2D eigenvalue weighted by Gasteiger charge is 2.24. The van der Waals surface area contributed by atoms with Crippen molar-refractivity contribution in [3.8, 4) is 0 Å². The van der Waals surface area contributed by atoms with Gasteiger partial charge in [0, 0.05) is 19.7 Å². The van der Waals surface area contributed by atoms with Crippen molar-refractivity contribution < 1.29 is 9.53 Å². The molecule has 1 aromatic rings. The van der Waals surface area contributed by atoms with E-state index >= 15 is 0 Å². The van der Waals surface area contributed by atoms with Crippen molar-refractivity contribution in [1.82, 2.24) is 15.1 Å². The van der Waals surface area contributed by atoms with E-state index in [4.69, 9.17) is 10.5 Å². The summed E-state index contributed by atoms with van der Waals surface area (Å²) in [7, 11) is 0. The lowest BCUT2D eigenvalue weighted by molar-refractivity contribution is 0.0459. The van der Waals surface area contributed by atoms with Crippen LogP contribution in [0.5, 0.6) is 0 Å². The summed E-state index contributed by atoms with van der Waals surface area (Å²) in [5, 5.41) is 8.13. The van der Waals surface area contributed by atoms with Gasteiger partial charge < -0.3 is 15.4 Å². The van der Waals surface area contributed by atoms with Gasteiger partial charge in [-0.15, -0.1) is 10.2 Å². The highest BCUT2D eigenvalue weighted by Crippen LogP contribution is 2.16. The third-order valence-corrected chi connectivity index (χ3v) is 3.46. The molecular formula is C10H16N4O2S. The van der Waals surface area contributed by atoms with Crippen LogP contribution in [0, 0.1) is 0 Å². The van der Waals surface area contributed by atoms with Crippen LogP contribution in [0.3, 0.4) is 0 Å². The molecule has 6 nitrogen and oxygen atoms in total. The molecule has 1 saturated heterocycles. The summed E-state index contributed by atoms with van der Waals surface area (Å²) < 4.78 is 5.62. The van der Waals surface area contributed by atoms with Gasteiger partial charge in [0.25, 0.3) is 5.91 Å². The van der Waals surface area contributed by atoms with Crippen molar-refractivity contribution in [3.63, 3.8) is 0 Å². The molecule has 0 aliphatic carbocycles. The van der Waals surface area contributed by atoms with Gasteiger partial charge in [0.05, 0.1) is 6.10 Å². The largest absolute Gasteiger partial charge is 0.376 e. The van der Waals surface area contributed by atoms with E-state index in [0.29, 0.717) is 29.8 Å². The first kappa shape index (κ1) is 12.3. The second-order valence-electron chi connectivity index (χ2n) is 3.95. The number of carbonyl (C=O) groups excluding carboxylic acids is 1. The van der Waals surface area contributed by atoms with Crippen LogP contribution in [0.25, 0.3) is 0 Å². The lowest BCUT2D eigenvalue weighted by atomic mass is 10.2. The van der Waals surface area contributed by atoms with Crippen molar-refractivity contribution in [3.05, 3.63) is 5.01 Å². The van der Waals surface area contributed by atoms with Crippen molar-refractivity contribution in [2.24, 2.45) is 0 Å².